The second-order valence-electron chi connectivity index (χ2n) is 3.66. The molecular weight excluding hydrogens is 246 g/mol. The summed E-state index contributed by atoms with van der Waals surface area (Å²) in [5.41, 5.74) is 4.05. The normalized spacial score (nSPS) is 9.83. The lowest BCUT2D eigenvalue weighted by Crippen LogP contribution is -1.77. The summed E-state index contributed by atoms with van der Waals surface area (Å²) in [7, 11) is 0. The van der Waals surface area contributed by atoms with Gasteiger partial charge in [0.2, 0.25) is 0 Å². The molecule has 5 nitrogen and oxygen atoms in total. The highest BCUT2D eigenvalue weighted by atomic mass is 32.1. The van der Waals surface area contributed by atoms with Gasteiger partial charge < -0.3 is 0 Å². The quantitative estimate of drug-likeness (QED) is 0.718. The van der Waals surface area contributed by atoms with Gasteiger partial charge in [-0.25, -0.2) is 0 Å². The van der Waals surface area contributed by atoms with Gasteiger partial charge >= 0.3 is 0 Å². The van der Waals surface area contributed by atoms with Crippen LogP contribution in [-0.4, -0.2) is 25.0 Å². The summed E-state index contributed by atoms with van der Waals surface area (Å²) in [4.78, 5) is 0. The van der Waals surface area contributed by atoms with Crippen molar-refractivity contribution in [3.63, 3.8) is 0 Å². The molecule has 0 aliphatic rings. The molecule has 18 heavy (non-hydrogen) atoms. The van der Waals surface area contributed by atoms with Gasteiger partial charge in [-0.05, 0) is 30.1 Å². The van der Waals surface area contributed by atoms with Crippen LogP contribution < -0.4 is 0 Å². The van der Waals surface area contributed by atoms with Crippen molar-refractivity contribution >= 4 is 22.6 Å². The van der Waals surface area contributed by atoms with E-state index in [0.29, 0.717) is 0 Å². The molecule has 0 aliphatic heterocycles. The van der Waals surface area contributed by atoms with Crippen LogP contribution in [0.3, 0.4) is 0 Å². The minimum absolute atomic E-state index is 0.830. The molecule has 2 aromatic heterocycles. The van der Waals surface area contributed by atoms with Crippen LogP contribution in [-0.2, 0) is 6.42 Å². The Morgan fingerprint density at radius 3 is 2.94 bits per heavy atom. The zero-order valence-electron chi connectivity index (χ0n) is 10.00. The van der Waals surface area contributed by atoms with Gasteiger partial charge in [-0.1, -0.05) is 22.7 Å². The fourth-order valence-corrected chi connectivity index (χ4v) is 1.89. The van der Waals surface area contributed by atoms with Gasteiger partial charge in [0.05, 0.1) is 5.69 Å². The number of hydrogen-bond acceptors (Lipinski definition) is 5. The molecule has 0 saturated heterocycles. The predicted molar refractivity (Wildman–Crippen MR) is 72.4 cm³/mol. The van der Waals surface area contributed by atoms with Crippen LogP contribution in [0.15, 0.2) is 36.2 Å². The number of aromatic amines is 1. The van der Waals surface area contributed by atoms with Gasteiger partial charge in [0.25, 0.3) is 0 Å². The number of nitrogens with one attached hydrogen (secondary N) is 1. The molecule has 0 atom stereocenters. The molecule has 0 radical (unpaired) electrons. The Morgan fingerprint density at radius 2 is 2.28 bits per heavy atom. The van der Waals surface area contributed by atoms with Crippen LogP contribution in [0.1, 0.15) is 11.3 Å². The van der Waals surface area contributed by atoms with Crippen molar-refractivity contribution < 1.29 is 0 Å². The molecule has 0 saturated carbocycles. The molecule has 92 valence electrons. The molecule has 0 bridgehead atoms. The van der Waals surface area contributed by atoms with E-state index in [2.05, 4.69) is 31.6 Å². The Labute approximate surface area is 109 Å². The molecule has 2 heterocycles. The summed E-state index contributed by atoms with van der Waals surface area (Å²) >= 11 is 1.37. The number of allylic oxidation sites excluding steroid dienone is 1. The second kappa shape index (κ2) is 6.02. The van der Waals surface area contributed by atoms with Gasteiger partial charge in [0.15, 0.2) is 0 Å². The smallest absolute Gasteiger partial charge is 0.115 e. The minimum atomic E-state index is 0.830. The third-order valence-corrected chi connectivity index (χ3v) is 2.86. The Bertz CT molecular complexity index is 614. The standard InChI is InChI=1S/C7H7N3.C5H6N2S/c1-5-3-2-4-6-7(5)9-10-8-6;1-2-3-5-4-8-7-6-5/h2-4H,1H3,(H,8,9,10);2,4H,1,3H2. The average molecular weight is 259 g/mol. The van der Waals surface area contributed by atoms with Crippen molar-refractivity contribution in [1.29, 1.82) is 0 Å². The zero-order valence-corrected chi connectivity index (χ0v) is 10.8. The molecule has 3 aromatic rings. The lowest BCUT2D eigenvalue weighted by Gasteiger charge is -1.88. The first-order valence-electron chi connectivity index (χ1n) is 5.44. The molecule has 0 aliphatic carbocycles. The van der Waals surface area contributed by atoms with Gasteiger partial charge in [-0.2, -0.15) is 15.4 Å². The maximum Gasteiger partial charge on any atom is 0.115 e. The molecule has 6 heteroatoms. The number of rotatable bonds is 2. The van der Waals surface area contributed by atoms with Crippen LogP contribution in [0, 0.1) is 6.92 Å². The number of aryl methyl sites for hydroxylation is 1. The van der Waals surface area contributed by atoms with Crippen molar-refractivity contribution in [3.05, 3.63) is 47.5 Å². The fourth-order valence-electron chi connectivity index (χ4n) is 1.43. The number of H-pyrrole nitrogens is 1. The van der Waals surface area contributed by atoms with Crippen LogP contribution in [0.4, 0.5) is 0 Å². The summed E-state index contributed by atoms with van der Waals surface area (Å²) in [6, 6.07) is 5.93. The Balaban J connectivity index is 0.000000138. The van der Waals surface area contributed by atoms with Crippen molar-refractivity contribution in [2.45, 2.75) is 13.3 Å². The Kier molecular flexibility index (Phi) is 4.14. The van der Waals surface area contributed by atoms with E-state index in [1.54, 1.807) is 0 Å². The summed E-state index contributed by atoms with van der Waals surface area (Å²) in [6.45, 7) is 5.59. The average Bonchev–Trinajstić information content (AvgIpc) is 3.01. The predicted octanol–water partition coefficient (Wildman–Crippen LogP) is 2.53. The lowest BCUT2D eigenvalue weighted by molar-refractivity contribution is 0.958. The van der Waals surface area contributed by atoms with E-state index >= 15 is 0 Å². The maximum absolute atomic E-state index is 3.98. The SMILES string of the molecule is C=CCc1csnn1.Cc1cccc2n[nH]nc12. The van der Waals surface area contributed by atoms with Crippen LogP contribution in [0.5, 0.6) is 0 Å². The second-order valence-corrected chi connectivity index (χ2v) is 4.27. The monoisotopic (exact) mass is 259 g/mol. The Morgan fingerprint density at radius 1 is 1.39 bits per heavy atom. The molecule has 1 aromatic carbocycles. The first-order chi connectivity index (χ1) is 8.81. The molecule has 0 amide bonds. The first-order valence-corrected chi connectivity index (χ1v) is 6.28. The summed E-state index contributed by atoms with van der Waals surface area (Å²) in [5, 5.41) is 16.2. The van der Waals surface area contributed by atoms with Gasteiger partial charge in [0.1, 0.15) is 11.0 Å². The van der Waals surface area contributed by atoms with Crippen LogP contribution >= 0.6 is 11.5 Å². The largest absolute Gasteiger partial charge is 0.197 e. The molecule has 1 N–H and O–H groups in total. The van der Waals surface area contributed by atoms with E-state index < -0.39 is 0 Å². The van der Waals surface area contributed by atoms with Crippen molar-refractivity contribution in [1.82, 2.24) is 25.0 Å². The van der Waals surface area contributed by atoms with E-state index in [4.69, 9.17) is 0 Å². The topological polar surface area (TPSA) is 67.3 Å². The molecule has 0 spiro atoms. The minimum Gasteiger partial charge on any atom is -0.197 e. The number of hydrogen-bond donors (Lipinski definition) is 1. The van der Waals surface area contributed by atoms with Gasteiger partial charge in [-0.3, -0.25) is 0 Å². The van der Waals surface area contributed by atoms with Crippen LogP contribution in [0.25, 0.3) is 11.0 Å². The van der Waals surface area contributed by atoms with E-state index in [9.17, 15) is 0 Å². The highest BCUT2D eigenvalue weighted by molar-refractivity contribution is 7.03. The van der Waals surface area contributed by atoms with Crippen molar-refractivity contribution in [2.24, 2.45) is 0 Å². The van der Waals surface area contributed by atoms with Crippen molar-refractivity contribution in [3.8, 4) is 0 Å². The number of benzene rings is 1. The van der Waals surface area contributed by atoms with E-state index in [1.807, 2.05) is 36.6 Å². The summed E-state index contributed by atoms with van der Waals surface area (Å²) in [6.07, 6.45) is 2.65. The van der Waals surface area contributed by atoms with E-state index in [-0.39, 0.29) is 0 Å². The number of para-hydroxylation sites is 1. The molecule has 0 unspecified atom stereocenters. The molecular formula is C12H13N5S. The lowest BCUT2D eigenvalue weighted by atomic mass is 10.2. The fraction of sp³-hybridized carbons (Fsp3) is 0.167. The van der Waals surface area contributed by atoms with E-state index in [1.165, 1.54) is 11.5 Å². The third kappa shape index (κ3) is 2.98. The molecule has 0 fully saturated rings. The van der Waals surface area contributed by atoms with E-state index in [0.717, 1.165) is 28.7 Å². The maximum atomic E-state index is 3.98. The third-order valence-electron chi connectivity index (χ3n) is 2.31. The summed E-state index contributed by atoms with van der Waals surface area (Å²) in [5.74, 6) is 0. The number of nitrogens with zero attached hydrogens (tertiary/aromatic N) is 4. The number of fused-ring (bicyclic) bond motifs is 1. The molecule has 3 rings (SSSR count). The zero-order chi connectivity index (χ0) is 12.8. The van der Waals surface area contributed by atoms with Gasteiger partial charge in [0, 0.05) is 11.8 Å². The number of aromatic nitrogens is 5. The van der Waals surface area contributed by atoms with Crippen LogP contribution in [0.2, 0.25) is 0 Å². The highest BCUT2D eigenvalue weighted by Gasteiger charge is 1.97. The summed E-state index contributed by atoms with van der Waals surface area (Å²) < 4.78 is 3.68. The highest BCUT2D eigenvalue weighted by Crippen LogP contribution is 2.10. The van der Waals surface area contributed by atoms with Gasteiger partial charge in [-0.15, -0.1) is 11.7 Å². The first kappa shape index (κ1) is 12.4. The Hall–Kier alpha value is -2.08. The van der Waals surface area contributed by atoms with Crippen molar-refractivity contribution in [2.75, 3.05) is 0 Å².